The molecule has 134 valence electrons. The quantitative estimate of drug-likeness (QED) is 0.538. The first-order chi connectivity index (χ1) is 10.9. The Hall–Kier alpha value is -1.08. The van der Waals surface area contributed by atoms with Gasteiger partial charge in [0.15, 0.2) is 0 Å². The van der Waals surface area contributed by atoms with Gasteiger partial charge in [0, 0.05) is 16.3 Å². The number of hydrogen-bond acceptors (Lipinski definition) is 4. The van der Waals surface area contributed by atoms with Gasteiger partial charge >= 0.3 is 5.97 Å². The number of halogens is 2. The van der Waals surface area contributed by atoms with Crippen LogP contribution in [-0.4, -0.2) is 22.7 Å². The molecule has 0 spiro atoms. The predicted octanol–water partition coefficient (Wildman–Crippen LogP) is 5.01. The van der Waals surface area contributed by atoms with E-state index in [4.69, 9.17) is 4.74 Å². The summed E-state index contributed by atoms with van der Waals surface area (Å²) in [6, 6.07) is 2.80. The van der Waals surface area contributed by atoms with Crippen LogP contribution in [0.4, 0.5) is 10.1 Å². The maximum absolute atomic E-state index is 13.9. The molecule has 0 radical (unpaired) electrons. The molecule has 24 heavy (non-hydrogen) atoms. The Labute approximate surface area is 155 Å². The van der Waals surface area contributed by atoms with Crippen molar-refractivity contribution in [1.29, 1.82) is 0 Å². The highest BCUT2D eigenvalue weighted by Crippen LogP contribution is 2.37. The molecule has 1 aromatic carbocycles. The summed E-state index contributed by atoms with van der Waals surface area (Å²) < 4.78 is 19.9. The maximum Gasteiger partial charge on any atom is 0.320 e. The van der Waals surface area contributed by atoms with Crippen molar-refractivity contribution in [3.05, 3.63) is 22.4 Å². The van der Waals surface area contributed by atoms with Crippen LogP contribution in [0, 0.1) is 11.7 Å². The number of nitrogens with one attached hydrogen (secondary N) is 1. The van der Waals surface area contributed by atoms with Crippen LogP contribution in [-0.2, 0) is 14.3 Å². The van der Waals surface area contributed by atoms with Gasteiger partial charge in [-0.25, -0.2) is 4.39 Å². The lowest BCUT2D eigenvalue weighted by Crippen LogP contribution is -2.33. The van der Waals surface area contributed by atoms with Crippen LogP contribution in [0.2, 0.25) is 0 Å². The zero-order chi connectivity index (χ0) is 18.7. The molecule has 0 aromatic heterocycles. The minimum atomic E-state index is -0.577. The number of carbonyl (C=O) groups excluding carboxylic acids is 2. The van der Waals surface area contributed by atoms with Gasteiger partial charge in [0.2, 0.25) is 5.91 Å². The summed E-state index contributed by atoms with van der Waals surface area (Å²) in [6.07, 6.45) is 0. The molecule has 0 bridgehead atoms. The van der Waals surface area contributed by atoms with E-state index in [1.54, 1.807) is 0 Å². The Morgan fingerprint density at radius 1 is 1.29 bits per heavy atom. The molecule has 0 fully saturated rings. The number of thioether (sulfide) groups is 1. The van der Waals surface area contributed by atoms with Crippen LogP contribution in [0.1, 0.15) is 41.5 Å². The van der Waals surface area contributed by atoms with Crippen molar-refractivity contribution in [1.82, 2.24) is 0 Å². The van der Waals surface area contributed by atoms with Crippen molar-refractivity contribution in [2.45, 2.75) is 57.3 Å². The number of amides is 1. The molecule has 0 saturated carbocycles. The first-order valence-corrected chi connectivity index (χ1v) is 9.24. The SMILES string of the molecule is CC(=O)Nc1cc(SC(C(=O)OC(C)(C)C)C(C)C)c(Br)cc1F. The summed E-state index contributed by atoms with van der Waals surface area (Å²) in [5.41, 5.74) is -0.494. The molecule has 1 atom stereocenters. The van der Waals surface area contributed by atoms with Crippen LogP contribution in [0.5, 0.6) is 0 Å². The molecule has 0 saturated heterocycles. The minimum absolute atomic E-state index is 0.0195. The standard InChI is InChI=1S/C17H23BrFNO3S/c1-9(2)15(16(22)23-17(4,5)6)24-14-8-13(20-10(3)21)12(19)7-11(14)18/h7-9,15H,1-6H3,(H,20,21). The summed E-state index contributed by atoms with van der Waals surface area (Å²) in [7, 11) is 0. The van der Waals surface area contributed by atoms with Gasteiger partial charge in [-0.1, -0.05) is 13.8 Å². The third kappa shape index (κ3) is 6.43. The van der Waals surface area contributed by atoms with Gasteiger partial charge in [-0.3, -0.25) is 9.59 Å². The number of carbonyl (C=O) groups is 2. The lowest BCUT2D eigenvalue weighted by atomic mass is 10.1. The molecule has 0 aliphatic rings. The van der Waals surface area contributed by atoms with E-state index < -0.39 is 16.7 Å². The van der Waals surface area contributed by atoms with E-state index in [9.17, 15) is 14.0 Å². The second-order valence-corrected chi connectivity index (χ2v) is 8.80. The fourth-order valence-electron chi connectivity index (χ4n) is 1.86. The topological polar surface area (TPSA) is 55.4 Å². The summed E-state index contributed by atoms with van der Waals surface area (Å²) >= 11 is 4.59. The molecule has 1 unspecified atom stereocenters. The zero-order valence-electron chi connectivity index (χ0n) is 14.7. The Balaban J connectivity index is 3.10. The predicted molar refractivity (Wildman–Crippen MR) is 98.7 cm³/mol. The van der Waals surface area contributed by atoms with Crippen molar-refractivity contribution >= 4 is 45.3 Å². The van der Waals surface area contributed by atoms with E-state index in [0.29, 0.717) is 9.37 Å². The maximum atomic E-state index is 13.9. The van der Waals surface area contributed by atoms with E-state index in [0.717, 1.165) is 0 Å². The fourth-order valence-corrected chi connectivity index (χ4v) is 3.50. The van der Waals surface area contributed by atoms with Crippen molar-refractivity contribution in [2.24, 2.45) is 5.92 Å². The van der Waals surface area contributed by atoms with Crippen molar-refractivity contribution in [3.8, 4) is 0 Å². The van der Waals surface area contributed by atoms with E-state index in [1.165, 1.54) is 30.8 Å². The molecule has 4 nitrogen and oxygen atoms in total. The van der Waals surface area contributed by atoms with Gasteiger partial charge in [-0.2, -0.15) is 0 Å². The molecule has 1 rings (SSSR count). The Morgan fingerprint density at radius 2 is 1.88 bits per heavy atom. The van der Waals surface area contributed by atoms with Gasteiger partial charge in [-0.15, -0.1) is 11.8 Å². The lowest BCUT2D eigenvalue weighted by molar-refractivity contribution is -0.154. The first kappa shape index (κ1) is 21.0. The van der Waals surface area contributed by atoms with Gasteiger partial charge in [-0.05, 0) is 54.8 Å². The van der Waals surface area contributed by atoms with E-state index in [-0.39, 0.29) is 23.5 Å². The summed E-state index contributed by atoms with van der Waals surface area (Å²) in [4.78, 5) is 24.3. The van der Waals surface area contributed by atoms with Crippen molar-refractivity contribution in [2.75, 3.05) is 5.32 Å². The van der Waals surface area contributed by atoms with E-state index in [2.05, 4.69) is 21.2 Å². The molecule has 0 heterocycles. The van der Waals surface area contributed by atoms with Gasteiger partial charge in [0.05, 0.1) is 5.69 Å². The summed E-state index contributed by atoms with van der Waals surface area (Å²) in [5, 5.41) is 2.00. The van der Waals surface area contributed by atoms with Crippen LogP contribution < -0.4 is 5.32 Å². The number of ether oxygens (including phenoxy) is 1. The lowest BCUT2D eigenvalue weighted by Gasteiger charge is -2.26. The molecule has 1 N–H and O–H groups in total. The fraction of sp³-hybridized carbons (Fsp3) is 0.529. The second-order valence-electron chi connectivity index (χ2n) is 6.76. The van der Waals surface area contributed by atoms with E-state index in [1.807, 2.05) is 34.6 Å². The van der Waals surface area contributed by atoms with E-state index >= 15 is 0 Å². The van der Waals surface area contributed by atoms with Gasteiger partial charge < -0.3 is 10.1 Å². The van der Waals surface area contributed by atoms with Crippen molar-refractivity contribution < 1.29 is 18.7 Å². The average Bonchev–Trinajstić information content (AvgIpc) is 2.37. The van der Waals surface area contributed by atoms with Crippen LogP contribution in [0.25, 0.3) is 0 Å². The average molecular weight is 420 g/mol. The summed E-state index contributed by atoms with van der Waals surface area (Å²) in [5.74, 6) is -1.20. The monoisotopic (exact) mass is 419 g/mol. The summed E-state index contributed by atoms with van der Waals surface area (Å²) in [6.45, 7) is 10.6. The third-order valence-corrected chi connectivity index (χ3v) is 5.33. The number of anilines is 1. The Morgan fingerprint density at radius 3 is 2.33 bits per heavy atom. The Kier molecular flexibility index (Phi) is 7.28. The molecule has 7 heteroatoms. The number of rotatable bonds is 5. The molecule has 1 amide bonds. The largest absolute Gasteiger partial charge is 0.459 e. The molecule has 0 aliphatic carbocycles. The highest BCUT2D eigenvalue weighted by Gasteiger charge is 2.29. The molecular formula is C17H23BrFNO3S. The van der Waals surface area contributed by atoms with Crippen molar-refractivity contribution in [3.63, 3.8) is 0 Å². The second kappa shape index (κ2) is 8.34. The molecule has 0 aliphatic heterocycles. The Bertz CT molecular complexity index is 629. The normalized spacial score (nSPS) is 12.9. The minimum Gasteiger partial charge on any atom is -0.459 e. The number of esters is 1. The van der Waals surface area contributed by atoms with Crippen LogP contribution in [0.15, 0.2) is 21.5 Å². The highest BCUT2D eigenvalue weighted by atomic mass is 79.9. The smallest absolute Gasteiger partial charge is 0.320 e. The number of hydrogen-bond donors (Lipinski definition) is 1. The first-order valence-electron chi connectivity index (χ1n) is 7.57. The third-order valence-electron chi connectivity index (χ3n) is 2.83. The van der Waals surface area contributed by atoms with Gasteiger partial charge in [0.25, 0.3) is 0 Å². The molecular weight excluding hydrogens is 397 g/mol. The zero-order valence-corrected chi connectivity index (χ0v) is 17.1. The number of benzene rings is 1. The van der Waals surface area contributed by atoms with Crippen LogP contribution in [0.3, 0.4) is 0 Å². The highest BCUT2D eigenvalue weighted by molar-refractivity contribution is 9.10. The van der Waals surface area contributed by atoms with Crippen LogP contribution >= 0.6 is 27.7 Å². The molecule has 1 aromatic rings. The van der Waals surface area contributed by atoms with Gasteiger partial charge in [0.1, 0.15) is 16.7 Å².